The quantitative estimate of drug-likeness (QED) is 0.552. The molecule has 0 spiro atoms. The molecule has 0 atom stereocenters. The van der Waals surface area contributed by atoms with Gasteiger partial charge in [-0.2, -0.15) is 0 Å². The van der Waals surface area contributed by atoms with Crippen molar-refractivity contribution in [1.82, 2.24) is 5.43 Å². The molecule has 0 unspecified atom stereocenters. The number of nitrogens with one attached hydrogen (secondary N) is 1. The molecule has 0 aromatic heterocycles. The van der Waals surface area contributed by atoms with Gasteiger partial charge in [0.05, 0.1) is 19.4 Å². The molecular weight excluding hydrogens is 436 g/mol. The molecule has 1 aliphatic heterocycles. The van der Waals surface area contributed by atoms with Crippen LogP contribution < -0.4 is 19.9 Å². The number of methoxy groups -OCH3 is 1. The number of ether oxygens (including phenoxy) is 2. The van der Waals surface area contributed by atoms with Crippen molar-refractivity contribution < 1.29 is 19.1 Å². The van der Waals surface area contributed by atoms with E-state index in [-0.39, 0.29) is 5.57 Å². The zero-order valence-corrected chi connectivity index (χ0v) is 16.9. The molecule has 27 heavy (non-hydrogen) atoms. The highest BCUT2D eigenvalue weighted by Crippen LogP contribution is 2.43. The molecular formula is C19H16BrClN2O4. The van der Waals surface area contributed by atoms with Crippen LogP contribution in [0.3, 0.4) is 0 Å². The van der Waals surface area contributed by atoms with Gasteiger partial charge in [0, 0.05) is 4.47 Å². The molecule has 1 saturated heterocycles. The van der Waals surface area contributed by atoms with Gasteiger partial charge in [-0.15, -0.1) is 0 Å². The van der Waals surface area contributed by atoms with E-state index in [1.54, 1.807) is 30.3 Å². The van der Waals surface area contributed by atoms with Gasteiger partial charge in [0.1, 0.15) is 10.6 Å². The number of carbonyl (C=O) groups excluding carboxylic acids is 2. The van der Waals surface area contributed by atoms with E-state index in [0.717, 1.165) is 0 Å². The van der Waals surface area contributed by atoms with Crippen LogP contribution in [0, 0.1) is 0 Å². The van der Waals surface area contributed by atoms with Crippen LogP contribution in [0.15, 0.2) is 46.4 Å². The normalized spacial score (nSPS) is 15.3. The van der Waals surface area contributed by atoms with Gasteiger partial charge in [-0.05, 0) is 52.7 Å². The molecule has 0 radical (unpaired) electrons. The summed E-state index contributed by atoms with van der Waals surface area (Å²) in [6.07, 6.45) is 1.47. The minimum Gasteiger partial charge on any atom is -0.493 e. The number of hydrogen-bond donors (Lipinski definition) is 1. The molecule has 3 rings (SSSR count). The van der Waals surface area contributed by atoms with Gasteiger partial charge in [-0.25, -0.2) is 5.01 Å². The second kappa shape index (κ2) is 8.02. The van der Waals surface area contributed by atoms with Crippen LogP contribution in [0.25, 0.3) is 6.08 Å². The highest BCUT2D eigenvalue weighted by atomic mass is 79.9. The average molecular weight is 452 g/mol. The lowest BCUT2D eigenvalue weighted by Crippen LogP contribution is -2.35. The number of amides is 2. The molecule has 0 saturated carbocycles. The third-order valence-corrected chi connectivity index (χ3v) is 5.31. The Morgan fingerprint density at radius 1 is 1.26 bits per heavy atom. The Bertz CT molecular complexity index is 931. The third kappa shape index (κ3) is 3.65. The number of carbonyl (C=O) groups is 2. The number of nitrogens with zero attached hydrogens (tertiary/aromatic N) is 1. The van der Waals surface area contributed by atoms with Crippen LogP contribution in [-0.4, -0.2) is 25.5 Å². The zero-order chi connectivity index (χ0) is 19.6. The molecule has 1 aliphatic rings. The van der Waals surface area contributed by atoms with E-state index in [1.165, 1.54) is 18.2 Å². The highest BCUT2D eigenvalue weighted by molar-refractivity contribution is 9.10. The SMILES string of the molecule is CCOc1c(OC)cc(/C=C2/C(=O)NN(c3ccccc3)C2=O)c(Br)c1Cl. The predicted molar refractivity (Wildman–Crippen MR) is 107 cm³/mol. The Balaban J connectivity index is 2.03. The molecule has 1 heterocycles. The minimum absolute atomic E-state index is 0.0122. The number of rotatable bonds is 5. The average Bonchev–Trinajstić information content (AvgIpc) is 2.96. The molecule has 2 aromatic rings. The van der Waals surface area contributed by atoms with Crippen molar-refractivity contribution in [3.05, 3.63) is 57.0 Å². The highest BCUT2D eigenvalue weighted by Gasteiger charge is 2.34. The fourth-order valence-electron chi connectivity index (χ4n) is 2.61. The lowest BCUT2D eigenvalue weighted by atomic mass is 10.1. The predicted octanol–water partition coefficient (Wildman–Crippen LogP) is 3.97. The molecule has 2 aromatic carbocycles. The summed E-state index contributed by atoms with van der Waals surface area (Å²) in [6, 6.07) is 10.5. The van der Waals surface area contributed by atoms with Gasteiger partial charge >= 0.3 is 0 Å². The van der Waals surface area contributed by atoms with E-state index in [1.807, 2.05) is 13.0 Å². The first kappa shape index (κ1) is 19.3. The maximum Gasteiger partial charge on any atom is 0.282 e. The van der Waals surface area contributed by atoms with Crippen molar-refractivity contribution in [1.29, 1.82) is 0 Å². The van der Waals surface area contributed by atoms with Crippen molar-refractivity contribution >= 4 is 51.1 Å². The van der Waals surface area contributed by atoms with Crippen LogP contribution in [0.2, 0.25) is 5.02 Å². The molecule has 0 aliphatic carbocycles. The van der Waals surface area contributed by atoms with E-state index in [0.29, 0.717) is 38.9 Å². The Morgan fingerprint density at radius 3 is 2.59 bits per heavy atom. The number of halogens is 2. The van der Waals surface area contributed by atoms with Gasteiger partial charge in [-0.1, -0.05) is 29.8 Å². The maximum atomic E-state index is 12.7. The number of anilines is 1. The van der Waals surface area contributed by atoms with Crippen LogP contribution in [0.4, 0.5) is 5.69 Å². The van der Waals surface area contributed by atoms with E-state index >= 15 is 0 Å². The fraction of sp³-hybridized carbons (Fsp3) is 0.158. The zero-order valence-electron chi connectivity index (χ0n) is 14.6. The summed E-state index contributed by atoms with van der Waals surface area (Å²) in [5.74, 6) is -0.159. The second-order valence-electron chi connectivity index (χ2n) is 5.53. The van der Waals surface area contributed by atoms with E-state index in [2.05, 4.69) is 21.4 Å². The summed E-state index contributed by atoms with van der Waals surface area (Å²) < 4.78 is 11.3. The topological polar surface area (TPSA) is 67.9 Å². The molecule has 8 heteroatoms. The Kier molecular flexibility index (Phi) is 5.72. The van der Waals surface area contributed by atoms with Crippen molar-refractivity contribution in [2.45, 2.75) is 6.92 Å². The lowest BCUT2D eigenvalue weighted by molar-refractivity contribution is -0.117. The number of hydrazine groups is 1. The van der Waals surface area contributed by atoms with E-state index in [9.17, 15) is 9.59 Å². The minimum atomic E-state index is -0.500. The van der Waals surface area contributed by atoms with Gasteiger partial charge in [0.25, 0.3) is 11.8 Å². The maximum absolute atomic E-state index is 12.7. The molecule has 1 N–H and O–H groups in total. The second-order valence-corrected chi connectivity index (χ2v) is 6.70. The Hall–Kier alpha value is -2.51. The standard InChI is InChI=1S/C19H16BrClN2O4/c1-3-27-17-14(26-2)10-11(15(20)16(17)21)9-13-18(24)22-23(19(13)25)12-7-5-4-6-8-12/h4-10H,3H2,1-2H3,(H,22,24)/b13-9-. The first-order valence-corrected chi connectivity index (χ1v) is 9.26. The third-order valence-electron chi connectivity index (χ3n) is 3.87. The van der Waals surface area contributed by atoms with Crippen LogP contribution in [0.5, 0.6) is 11.5 Å². The summed E-state index contributed by atoms with van der Waals surface area (Å²) >= 11 is 9.77. The molecule has 2 amide bonds. The van der Waals surface area contributed by atoms with Crippen LogP contribution in [-0.2, 0) is 9.59 Å². The Morgan fingerprint density at radius 2 is 1.96 bits per heavy atom. The molecule has 140 valence electrons. The van der Waals surface area contributed by atoms with Crippen LogP contribution in [0.1, 0.15) is 12.5 Å². The summed E-state index contributed by atoms with van der Waals surface area (Å²) in [4.78, 5) is 25.1. The lowest BCUT2D eigenvalue weighted by Gasteiger charge is -2.14. The molecule has 0 bridgehead atoms. The first-order chi connectivity index (χ1) is 13.0. The monoisotopic (exact) mass is 450 g/mol. The fourth-order valence-corrected chi connectivity index (χ4v) is 3.28. The van der Waals surface area contributed by atoms with E-state index < -0.39 is 11.8 Å². The number of para-hydroxylation sites is 1. The molecule has 1 fully saturated rings. The van der Waals surface area contributed by atoms with Crippen molar-refractivity contribution in [3.63, 3.8) is 0 Å². The van der Waals surface area contributed by atoms with Crippen molar-refractivity contribution in [2.24, 2.45) is 0 Å². The smallest absolute Gasteiger partial charge is 0.282 e. The number of hydrogen-bond acceptors (Lipinski definition) is 4. The van der Waals surface area contributed by atoms with E-state index in [4.69, 9.17) is 21.1 Å². The summed E-state index contributed by atoms with van der Waals surface area (Å²) in [5, 5.41) is 1.50. The first-order valence-electron chi connectivity index (χ1n) is 8.08. The van der Waals surface area contributed by atoms with Gasteiger partial charge in [0.2, 0.25) is 0 Å². The van der Waals surface area contributed by atoms with Crippen molar-refractivity contribution in [2.75, 3.05) is 18.7 Å². The summed E-state index contributed by atoms with van der Waals surface area (Å²) in [5.41, 5.74) is 3.64. The summed E-state index contributed by atoms with van der Waals surface area (Å²) in [7, 11) is 1.49. The largest absolute Gasteiger partial charge is 0.493 e. The van der Waals surface area contributed by atoms with Gasteiger partial charge < -0.3 is 9.47 Å². The van der Waals surface area contributed by atoms with Gasteiger partial charge in [0.15, 0.2) is 11.5 Å². The van der Waals surface area contributed by atoms with Gasteiger partial charge in [-0.3, -0.25) is 15.0 Å². The van der Waals surface area contributed by atoms with Crippen LogP contribution >= 0.6 is 27.5 Å². The Labute approximate surface area is 169 Å². The van der Waals surface area contributed by atoms with Crippen molar-refractivity contribution in [3.8, 4) is 11.5 Å². The number of benzene rings is 2. The summed E-state index contributed by atoms with van der Waals surface area (Å²) in [6.45, 7) is 2.25. The molecule has 6 nitrogen and oxygen atoms in total.